The summed E-state index contributed by atoms with van der Waals surface area (Å²) < 4.78 is 6.98. The molecule has 1 aromatic carbocycles. The molecule has 0 aromatic heterocycles. The highest BCUT2D eigenvalue weighted by Crippen LogP contribution is 2.64. The van der Waals surface area contributed by atoms with Gasteiger partial charge in [-0.2, -0.15) is 0 Å². The van der Waals surface area contributed by atoms with E-state index in [0.29, 0.717) is 18.6 Å². The molecule has 4 heterocycles. The number of piperidine rings is 1. The van der Waals surface area contributed by atoms with Gasteiger partial charge in [-0.3, -0.25) is 0 Å². The highest BCUT2D eigenvalue weighted by molar-refractivity contribution is 5.64. The zero-order valence-corrected chi connectivity index (χ0v) is 16.2. The Balaban J connectivity index is 0.00000160. The summed E-state index contributed by atoms with van der Waals surface area (Å²) in [4.78, 5) is 0. The number of aliphatic hydroxyl groups excluding tert-OH is 1. The average molecular weight is 387 g/mol. The molecule has 2 bridgehead atoms. The Labute approximate surface area is 166 Å². The number of halogens is 1. The largest absolute Gasteiger partial charge is 1.00 e. The number of rotatable bonds is 2. The summed E-state index contributed by atoms with van der Waals surface area (Å²) in [5.41, 5.74) is 4.37. The van der Waals surface area contributed by atoms with Crippen LogP contribution in [0, 0.1) is 11.8 Å². The number of anilines is 1. The van der Waals surface area contributed by atoms with E-state index < -0.39 is 6.29 Å². The fraction of sp³-hybridized carbons (Fsp3) is 0.545. The van der Waals surface area contributed by atoms with Crippen LogP contribution < -0.4 is 17.7 Å². The molecule has 144 valence electrons. The minimum atomic E-state index is -0.682. The Morgan fingerprint density at radius 3 is 3.07 bits per heavy atom. The molecule has 4 aliphatic heterocycles. The zero-order valence-electron chi connectivity index (χ0n) is 15.5. The monoisotopic (exact) mass is 386 g/mol. The number of para-hydroxylation sites is 1. The van der Waals surface area contributed by atoms with Crippen molar-refractivity contribution in [2.45, 2.75) is 36.6 Å². The fourth-order valence-corrected chi connectivity index (χ4v) is 7.43. The number of nitrogens with zero attached hydrogens (tertiary/aromatic N) is 1. The first-order chi connectivity index (χ1) is 12.7. The van der Waals surface area contributed by atoms with E-state index >= 15 is 0 Å². The molecule has 27 heavy (non-hydrogen) atoms. The van der Waals surface area contributed by atoms with Crippen molar-refractivity contribution < 1.29 is 26.7 Å². The molecule has 1 aromatic rings. The second-order valence-corrected chi connectivity index (χ2v) is 8.97. The Morgan fingerprint density at radius 2 is 2.22 bits per heavy atom. The molecule has 1 saturated carbocycles. The van der Waals surface area contributed by atoms with Crippen LogP contribution in [0.4, 0.5) is 5.69 Å². The Kier molecular flexibility index (Phi) is 3.84. The number of nitrogens with one attached hydrogen (secondary N) is 1. The summed E-state index contributed by atoms with van der Waals surface area (Å²) in [6.45, 7) is 7.98. The molecule has 7 atom stereocenters. The molecular weight excluding hydrogens is 360 g/mol. The summed E-state index contributed by atoms with van der Waals surface area (Å²) in [6.07, 6.45) is 6.05. The number of aliphatic hydroxyl groups is 1. The minimum absolute atomic E-state index is 0. The third kappa shape index (κ3) is 2.00. The van der Waals surface area contributed by atoms with Crippen molar-refractivity contribution in [1.82, 2.24) is 0 Å². The van der Waals surface area contributed by atoms with E-state index in [1.54, 1.807) is 0 Å². The molecule has 5 aliphatic rings. The maximum Gasteiger partial charge on any atom is 0.160 e. The average Bonchev–Trinajstić information content (AvgIpc) is 3.10. The second-order valence-electron chi connectivity index (χ2n) is 8.97. The second kappa shape index (κ2) is 5.84. The SMILES string of the molecule is C=CC[N@+]12CC[C@]34c5ccccc5N[C@H]3[C@@H]3[C@H](O)OCC=C(C1)[C@@H]3C[C@@H]42.[Cl-]. The van der Waals surface area contributed by atoms with Gasteiger partial charge in [-0.15, -0.1) is 0 Å². The summed E-state index contributed by atoms with van der Waals surface area (Å²) in [5, 5.41) is 14.8. The predicted molar refractivity (Wildman–Crippen MR) is 101 cm³/mol. The predicted octanol–water partition coefficient (Wildman–Crippen LogP) is -0.578. The number of benzene rings is 1. The number of quaternary nitrogens is 1. The molecule has 0 unspecified atom stereocenters. The Morgan fingerprint density at radius 1 is 1.37 bits per heavy atom. The molecule has 2 saturated heterocycles. The smallest absolute Gasteiger partial charge is 0.160 e. The number of hydrogen-bond acceptors (Lipinski definition) is 3. The van der Waals surface area contributed by atoms with Crippen LogP contribution >= 0.6 is 0 Å². The van der Waals surface area contributed by atoms with Gasteiger partial charge in [0.05, 0.1) is 31.2 Å². The first-order valence-corrected chi connectivity index (χ1v) is 10.0. The third-order valence-corrected chi connectivity index (χ3v) is 8.26. The van der Waals surface area contributed by atoms with Crippen LogP contribution in [-0.2, 0) is 10.2 Å². The normalized spacial score (nSPS) is 45.5. The van der Waals surface area contributed by atoms with Gasteiger partial charge in [0.2, 0.25) is 0 Å². The summed E-state index contributed by atoms with van der Waals surface area (Å²) in [7, 11) is 0. The third-order valence-electron chi connectivity index (χ3n) is 8.26. The molecule has 0 radical (unpaired) electrons. The van der Waals surface area contributed by atoms with Gasteiger partial charge in [0, 0.05) is 30.4 Å². The van der Waals surface area contributed by atoms with Crippen molar-refractivity contribution >= 4 is 5.69 Å². The first kappa shape index (κ1) is 17.7. The van der Waals surface area contributed by atoms with Crippen molar-refractivity contribution in [1.29, 1.82) is 0 Å². The maximum atomic E-state index is 10.9. The molecule has 1 spiro atoms. The lowest BCUT2D eigenvalue weighted by Crippen LogP contribution is -3.00. The van der Waals surface area contributed by atoms with E-state index in [9.17, 15) is 5.11 Å². The van der Waals surface area contributed by atoms with Crippen LogP contribution in [0.25, 0.3) is 0 Å². The van der Waals surface area contributed by atoms with Crippen LogP contribution in [-0.4, -0.2) is 54.2 Å². The molecule has 3 fully saturated rings. The highest BCUT2D eigenvalue weighted by Gasteiger charge is 2.72. The Bertz CT molecular complexity index is 826. The quantitative estimate of drug-likeness (QED) is 0.528. The molecule has 1 aliphatic carbocycles. The molecule has 2 N–H and O–H groups in total. The molecular formula is C22H27ClN2O2. The molecule has 4 nitrogen and oxygen atoms in total. The minimum Gasteiger partial charge on any atom is -1.00 e. The lowest BCUT2D eigenvalue weighted by molar-refractivity contribution is -0.937. The first-order valence-electron chi connectivity index (χ1n) is 10.0. The van der Waals surface area contributed by atoms with E-state index in [4.69, 9.17) is 4.74 Å². The Hall–Kier alpha value is -1.33. The van der Waals surface area contributed by atoms with Crippen molar-refractivity contribution in [2.75, 3.05) is 31.6 Å². The van der Waals surface area contributed by atoms with E-state index in [0.717, 1.165) is 24.0 Å². The fourth-order valence-electron chi connectivity index (χ4n) is 7.43. The van der Waals surface area contributed by atoms with Gasteiger partial charge in [0.15, 0.2) is 6.29 Å². The van der Waals surface area contributed by atoms with Gasteiger partial charge in [0.25, 0.3) is 0 Å². The number of fused-ring (bicyclic) bond motifs is 2. The standard InChI is InChI=1S/C22H27N2O2.ClH/c1-2-9-24-10-8-22-16-5-3-4-6-17(16)23-20(22)19-15(12-18(22)24)14(13-24)7-11-26-21(19)25;/h2-7,15,18-21,23,25H,1,8-13H2;1H/q+1;/p-1/t15-,18-,19+,20-,21+,22+,24-;/m0./s1. The van der Waals surface area contributed by atoms with Gasteiger partial charge < -0.3 is 32.1 Å². The lowest BCUT2D eigenvalue weighted by Gasteiger charge is -2.57. The molecule has 5 heteroatoms. The number of hydrogen-bond donors (Lipinski definition) is 2. The van der Waals surface area contributed by atoms with Crippen molar-refractivity contribution in [3.8, 4) is 0 Å². The van der Waals surface area contributed by atoms with Crippen molar-refractivity contribution in [3.05, 3.63) is 54.1 Å². The van der Waals surface area contributed by atoms with Crippen LogP contribution in [0.15, 0.2) is 48.6 Å². The number of ether oxygens (including phenoxy) is 1. The van der Waals surface area contributed by atoms with E-state index in [-0.39, 0.29) is 29.8 Å². The maximum absolute atomic E-state index is 10.9. The summed E-state index contributed by atoms with van der Waals surface area (Å²) in [5.74, 6) is 0.572. The lowest BCUT2D eigenvalue weighted by atomic mass is 9.55. The summed E-state index contributed by atoms with van der Waals surface area (Å²) in [6, 6.07) is 9.70. The van der Waals surface area contributed by atoms with E-state index in [2.05, 4.69) is 48.3 Å². The molecule has 6 rings (SSSR count). The van der Waals surface area contributed by atoms with Gasteiger partial charge >= 0.3 is 0 Å². The van der Waals surface area contributed by atoms with Gasteiger partial charge in [0.1, 0.15) is 12.6 Å². The van der Waals surface area contributed by atoms with Crippen LogP contribution in [0.5, 0.6) is 0 Å². The van der Waals surface area contributed by atoms with Gasteiger partial charge in [-0.25, -0.2) is 0 Å². The highest BCUT2D eigenvalue weighted by atomic mass is 35.5. The molecule has 0 amide bonds. The van der Waals surface area contributed by atoms with Gasteiger partial charge in [-0.05, 0) is 23.3 Å². The van der Waals surface area contributed by atoms with Crippen LogP contribution in [0.3, 0.4) is 0 Å². The van der Waals surface area contributed by atoms with Crippen molar-refractivity contribution in [2.24, 2.45) is 11.8 Å². The van der Waals surface area contributed by atoms with Crippen LogP contribution in [0.2, 0.25) is 0 Å². The van der Waals surface area contributed by atoms with Gasteiger partial charge in [-0.1, -0.05) is 30.9 Å². The zero-order chi connectivity index (χ0) is 17.5. The van der Waals surface area contributed by atoms with Crippen LogP contribution in [0.1, 0.15) is 18.4 Å². The van der Waals surface area contributed by atoms with Crippen molar-refractivity contribution in [3.63, 3.8) is 0 Å². The summed E-state index contributed by atoms with van der Waals surface area (Å²) >= 11 is 0. The topological polar surface area (TPSA) is 41.5 Å². The van der Waals surface area contributed by atoms with E-state index in [1.165, 1.54) is 29.8 Å². The van der Waals surface area contributed by atoms with E-state index in [1.807, 2.05) is 0 Å².